The molecule has 2 fully saturated rings. The van der Waals surface area contributed by atoms with Gasteiger partial charge in [0.1, 0.15) is 5.75 Å². The molecular formula is C13H16N2O4. The first-order chi connectivity index (χ1) is 9.20. The van der Waals surface area contributed by atoms with Crippen molar-refractivity contribution in [2.45, 2.75) is 18.6 Å². The molecule has 6 heteroatoms. The third-order valence-electron chi connectivity index (χ3n) is 3.66. The van der Waals surface area contributed by atoms with Gasteiger partial charge in [-0.3, -0.25) is 9.78 Å². The van der Waals surface area contributed by atoms with Gasteiger partial charge in [-0.25, -0.2) is 0 Å². The van der Waals surface area contributed by atoms with Crippen molar-refractivity contribution >= 4 is 5.91 Å². The number of rotatable bonds is 1. The highest BCUT2D eigenvalue weighted by Gasteiger charge is 2.41. The van der Waals surface area contributed by atoms with Crippen LogP contribution in [-0.4, -0.2) is 53.0 Å². The first kappa shape index (κ1) is 12.4. The molecule has 1 aromatic rings. The molecule has 0 aromatic carbocycles. The molecule has 1 amide bonds. The highest BCUT2D eigenvalue weighted by Crippen LogP contribution is 2.32. The summed E-state index contributed by atoms with van der Waals surface area (Å²) in [6, 6.07) is 1.53. The SMILES string of the molecule is O=C(c1ccncc1O)N1CCC2(CC1)OCCO2. The first-order valence-corrected chi connectivity index (χ1v) is 6.40. The molecule has 19 heavy (non-hydrogen) atoms. The van der Waals surface area contributed by atoms with E-state index in [1.807, 2.05) is 0 Å². The lowest BCUT2D eigenvalue weighted by atomic mass is 10.0. The maximum Gasteiger partial charge on any atom is 0.257 e. The monoisotopic (exact) mass is 264 g/mol. The molecule has 3 rings (SSSR count). The molecule has 0 atom stereocenters. The molecule has 1 aromatic heterocycles. The fraction of sp³-hybridized carbons (Fsp3) is 0.538. The van der Waals surface area contributed by atoms with Gasteiger partial charge >= 0.3 is 0 Å². The van der Waals surface area contributed by atoms with Crippen molar-refractivity contribution in [3.8, 4) is 5.75 Å². The molecule has 2 saturated heterocycles. The van der Waals surface area contributed by atoms with Crippen molar-refractivity contribution in [3.05, 3.63) is 24.0 Å². The molecule has 0 radical (unpaired) electrons. The molecular weight excluding hydrogens is 248 g/mol. The van der Waals surface area contributed by atoms with Crippen LogP contribution >= 0.6 is 0 Å². The van der Waals surface area contributed by atoms with Crippen LogP contribution in [0.3, 0.4) is 0 Å². The van der Waals surface area contributed by atoms with Crippen molar-refractivity contribution in [2.75, 3.05) is 26.3 Å². The minimum Gasteiger partial charge on any atom is -0.505 e. The summed E-state index contributed by atoms with van der Waals surface area (Å²) in [7, 11) is 0. The Morgan fingerprint density at radius 2 is 2.00 bits per heavy atom. The highest BCUT2D eigenvalue weighted by molar-refractivity contribution is 5.96. The highest BCUT2D eigenvalue weighted by atomic mass is 16.7. The number of likely N-dealkylation sites (tertiary alicyclic amines) is 1. The third kappa shape index (κ3) is 2.29. The molecule has 3 heterocycles. The zero-order valence-corrected chi connectivity index (χ0v) is 10.5. The van der Waals surface area contributed by atoms with Gasteiger partial charge in [0.25, 0.3) is 5.91 Å². The summed E-state index contributed by atoms with van der Waals surface area (Å²) in [4.78, 5) is 17.8. The van der Waals surface area contributed by atoms with Crippen molar-refractivity contribution in [3.63, 3.8) is 0 Å². The van der Waals surface area contributed by atoms with Gasteiger partial charge in [0, 0.05) is 32.1 Å². The molecule has 6 nitrogen and oxygen atoms in total. The summed E-state index contributed by atoms with van der Waals surface area (Å²) in [6.07, 6.45) is 4.12. The van der Waals surface area contributed by atoms with Gasteiger partial charge in [-0.05, 0) is 6.07 Å². The average molecular weight is 264 g/mol. The van der Waals surface area contributed by atoms with Crippen molar-refractivity contribution in [2.24, 2.45) is 0 Å². The van der Waals surface area contributed by atoms with E-state index in [2.05, 4.69) is 4.98 Å². The number of carbonyl (C=O) groups is 1. The fourth-order valence-corrected chi connectivity index (χ4v) is 2.57. The number of pyridine rings is 1. The maximum absolute atomic E-state index is 12.3. The molecule has 0 saturated carbocycles. The normalized spacial score (nSPS) is 21.8. The Morgan fingerprint density at radius 1 is 1.32 bits per heavy atom. The fourth-order valence-electron chi connectivity index (χ4n) is 2.57. The van der Waals surface area contributed by atoms with E-state index in [1.165, 1.54) is 18.5 Å². The van der Waals surface area contributed by atoms with E-state index in [-0.39, 0.29) is 11.7 Å². The van der Waals surface area contributed by atoms with E-state index < -0.39 is 5.79 Å². The minimum absolute atomic E-state index is 0.0823. The van der Waals surface area contributed by atoms with Gasteiger partial charge in [0.15, 0.2) is 5.79 Å². The van der Waals surface area contributed by atoms with Crippen LogP contribution in [0.5, 0.6) is 5.75 Å². The number of carbonyl (C=O) groups excluding carboxylic acids is 1. The molecule has 0 bridgehead atoms. The predicted octanol–water partition coefficient (Wildman–Crippen LogP) is 0.766. The minimum atomic E-state index is -0.489. The Bertz CT molecular complexity index is 475. The van der Waals surface area contributed by atoms with Crippen LogP contribution in [0.1, 0.15) is 23.2 Å². The summed E-state index contributed by atoms with van der Waals surface area (Å²) in [6.45, 7) is 2.39. The molecule has 1 N–H and O–H groups in total. The molecule has 2 aliphatic rings. The standard InChI is InChI=1S/C13H16N2O4/c16-11-9-14-4-1-10(11)12(17)15-5-2-13(3-6-15)18-7-8-19-13/h1,4,9,16H,2-3,5-8H2. The van der Waals surface area contributed by atoms with E-state index in [1.54, 1.807) is 4.90 Å². The molecule has 102 valence electrons. The zero-order chi connectivity index (χ0) is 13.3. The number of piperidine rings is 1. The van der Waals surface area contributed by atoms with Gasteiger partial charge < -0.3 is 19.5 Å². The van der Waals surface area contributed by atoms with Gasteiger partial charge in [-0.2, -0.15) is 0 Å². The van der Waals surface area contributed by atoms with Crippen LogP contribution in [0.25, 0.3) is 0 Å². The lowest BCUT2D eigenvalue weighted by molar-refractivity contribution is -0.181. The summed E-state index contributed by atoms with van der Waals surface area (Å²) < 4.78 is 11.2. The van der Waals surface area contributed by atoms with Crippen LogP contribution in [0.15, 0.2) is 18.5 Å². The number of aromatic hydroxyl groups is 1. The van der Waals surface area contributed by atoms with Crippen LogP contribution in [-0.2, 0) is 9.47 Å². The summed E-state index contributed by atoms with van der Waals surface area (Å²) in [5, 5.41) is 9.66. The van der Waals surface area contributed by atoms with E-state index in [0.29, 0.717) is 44.7 Å². The number of hydrogen-bond donors (Lipinski definition) is 1. The van der Waals surface area contributed by atoms with E-state index in [0.717, 1.165) is 0 Å². The lowest BCUT2D eigenvalue weighted by Gasteiger charge is -2.37. The summed E-state index contributed by atoms with van der Waals surface area (Å²) in [5.74, 6) is -0.745. The zero-order valence-electron chi connectivity index (χ0n) is 10.5. The van der Waals surface area contributed by atoms with E-state index in [9.17, 15) is 9.90 Å². The summed E-state index contributed by atoms with van der Waals surface area (Å²) >= 11 is 0. The summed E-state index contributed by atoms with van der Waals surface area (Å²) in [5.41, 5.74) is 0.291. The van der Waals surface area contributed by atoms with E-state index in [4.69, 9.17) is 9.47 Å². The van der Waals surface area contributed by atoms with Crippen LogP contribution < -0.4 is 0 Å². The number of nitrogens with zero attached hydrogens (tertiary/aromatic N) is 2. The van der Waals surface area contributed by atoms with Crippen LogP contribution in [0.4, 0.5) is 0 Å². The Balaban J connectivity index is 1.68. The second kappa shape index (κ2) is 4.79. The third-order valence-corrected chi connectivity index (χ3v) is 3.66. The van der Waals surface area contributed by atoms with Crippen LogP contribution in [0.2, 0.25) is 0 Å². The smallest absolute Gasteiger partial charge is 0.257 e. The molecule has 2 aliphatic heterocycles. The average Bonchev–Trinajstić information content (AvgIpc) is 2.88. The van der Waals surface area contributed by atoms with Gasteiger partial charge in [-0.1, -0.05) is 0 Å². The van der Waals surface area contributed by atoms with Crippen molar-refractivity contribution < 1.29 is 19.4 Å². The molecule has 1 spiro atoms. The Morgan fingerprint density at radius 3 is 2.63 bits per heavy atom. The van der Waals surface area contributed by atoms with Gasteiger partial charge in [0.05, 0.1) is 25.0 Å². The first-order valence-electron chi connectivity index (χ1n) is 6.40. The number of amides is 1. The van der Waals surface area contributed by atoms with Crippen molar-refractivity contribution in [1.82, 2.24) is 9.88 Å². The van der Waals surface area contributed by atoms with Gasteiger partial charge in [-0.15, -0.1) is 0 Å². The molecule has 0 unspecified atom stereocenters. The maximum atomic E-state index is 12.3. The van der Waals surface area contributed by atoms with E-state index >= 15 is 0 Å². The Labute approximate surface area is 111 Å². The number of ether oxygens (including phenoxy) is 2. The number of hydrogen-bond acceptors (Lipinski definition) is 5. The second-order valence-corrected chi connectivity index (χ2v) is 4.79. The predicted molar refractivity (Wildman–Crippen MR) is 65.7 cm³/mol. The van der Waals surface area contributed by atoms with Crippen molar-refractivity contribution in [1.29, 1.82) is 0 Å². The number of aromatic nitrogens is 1. The Kier molecular flexibility index (Phi) is 3.12. The van der Waals surface area contributed by atoms with Crippen LogP contribution in [0, 0.1) is 0 Å². The second-order valence-electron chi connectivity index (χ2n) is 4.79. The largest absolute Gasteiger partial charge is 0.505 e. The van der Waals surface area contributed by atoms with Gasteiger partial charge in [0.2, 0.25) is 0 Å². The topological polar surface area (TPSA) is 71.9 Å². The quantitative estimate of drug-likeness (QED) is 0.811. The molecule has 0 aliphatic carbocycles. The lowest BCUT2D eigenvalue weighted by Crippen LogP contribution is -2.47. The Hall–Kier alpha value is -1.66.